The van der Waals surface area contributed by atoms with Crippen molar-refractivity contribution in [3.05, 3.63) is 23.5 Å². The average Bonchev–Trinajstić information content (AvgIpc) is 3.43. The van der Waals surface area contributed by atoms with Crippen LogP contribution < -0.4 is 16.0 Å². The molecule has 11 heteroatoms. The zero-order chi connectivity index (χ0) is 23.8. The number of rotatable bonds is 4. The van der Waals surface area contributed by atoms with Gasteiger partial charge in [-0.2, -0.15) is 5.10 Å². The first-order valence-corrected chi connectivity index (χ1v) is 13.0. The molecule has 4 unspecified atom stereocenters. The van der Waals surface area contributed by atoms with E-state index in [2.05, 4.69) is 10.2 Å². The van der Waals surface area contributed by atoms with E-state index in [1.165, 1.54) is 19.0 Å². The molecule has 3 N–H and O–H groups in total. The zero-order valence-electron chi connectivity index (χ0n) is 19.8. The number of fused-ring (bicyclic) bond motifs is 1. The van der Waals surface area contributed by atoms with Crippen molar-refractivity contribution in [1.82, 2.24) is 24.8 Å². The number of nitrogens with one attached hydrogen (secondary N) is 1. The first kappa shape index (κ1) is 23.4. The van der Waals surface area contributed by atoms with Crippen molar-refractivity contribution < 1.29 is 13.8 Å². The molecule has 4 atom stereocenters. The fourth-order valence-electron chi connectivity index (χ4n) is 5.29. The Labute approximate surface area is 203 Å². The molecule has 34 heavy (non-hydrogen) atoms. The van der Waals surface area contributed by atoms with Crippen LogP contribution in [-0.2, 0) is 13.8 Å². The summed E-state index contributed by atoms with van der Waals surface area (Å²) < 4.78 is 7.50. The van der Waals surface area contributed by atoms with Gasteiger partial charge in [0.1, 0.15) is 5.82 Å². The normalized spacial score (nSPS) is 27.9. The SMILES string of the molecule is CC(=O)NC1OSCCC1C(=O)N1CCCCC1c1cc2nc(N3CCC(N)C3)c(C)cn2n1. The van der Waals surface area contributed by atoms with Crippen molar-refractivity contribution in [3.8, 4) is 0 Å². The number of piperidine rings is 1. The van der Waals surface area contributed by atoms with Crippen LogP contribution in [0.2, 0.25) is 0 Å². The van der Waals surface area contributed by atoms with E-state index >= 15 is 0 Å². The van der Waals surface area contributed by atoms with Gasteiger partial charge >= 0.3 is 0 Å². The van der Waals surface area contributed by atoms with Gasteiger partial charge in [0.25, 0.3) is 0 Å². The number of aromatic nitrogens is 3. The second kappa shape index (κ2) is 9.71. The first-order valence-electron chi connectivity index (χ1n) is 12.1. The molecule has 5 heterocycles. The van der Waals surface area contributed by atoms with Crippen LogP contribution in [0.4, 0.5) is 5.82 Å². The van der Waals surface area contributed by atoms with Gasteiger partial charge in [-0.3, -0.25) is 13.8 Å². The van der Waals surface area contributed by atoms with Crippen molar-refractivity contribution in [2.75, 3.05) is 30.3 Å². The Morgan fingerprint density at radius 3 is 2.85 bits per heavy atom. The molecule has 0 aliphatic carbocycles. The van der Waals surface area contributed by atoms with Gasteiger partial charge in [-0.1, -0.05) is 0 Å². The molecule has 2 amide bonds. The fraction of sp³-hybridized carbons (Fsp3) is 0.652. The molecular formula is C23H33N7O3S. The third kappa shape index (κ3) is 4.60. The third-order valence-corrected chi connectivity index (χ3v) is 7.73. The lowest BCUT2D eigenvalue weighted by molar-refractivity contribution is -0.144. The lowest BCUT2D eigenvalue weighted by Gasteiger charge is -2.39. The highest BCUT2D eigenvalue weighted by Gasteiger charge is 2.40. The van der Waals surface area contributed by atoms with Gasteiger partial charge in [-0.15, -0.1) is 0 Å². The van der Waals surface area contributed by atoms with Crippen molar-refractivity contribution in [3.63, 3.8) is 0 Å². The highest BCUT2D eigenvalue weighted by molar-refractivity contribution is 7.94. The standard InChI is InChI=1S/C23H33N7O3S/c1-14-12-30-20(26-21(14)28-9-6-16(24)13-28)11-18(27-30)19-5-3-4-8-29(19)23(32)17-7-10-34-33-22(17)25-15(2)31/h11-12,16-17,19,22H,3-10,13,24H2,1-2H3,(H,25,31). The molecule has 0 saturated carbocycles. The maximum atomic E-state index is 13.7. The third-order valence-electron chi connectivity index (χ3n) is 6.99. The smallest absolute Gasteiger partial charge is 0.230 e. The van der Waals surface area contributed by atoms with E-state index in [1.807, 2.05) is 28.6 Å². The second-order valence-electron chi connectivity index (χ2n) is 9.59. The fourth-order valence-corrected chi connectivity index (χ4v) is 6.07. The molecule has 3 aliphatic heterocycles. The number of amides is 2. The molecule has 2 aromatic heterocycles. The van der Waals surface area contributed by atoms with Gasteiger partial charge in [-0.05, 0) is 51.1 Å². The van der Waals surface area contributed by atoms with Gasteiger partial charge in [0, 0.05) is 56.2 Å². The Kier molecular flexibility index (Phi) is 6.67. The second-order valence-corrected chi connectivity index (χ2v) is 10.4. The van der Waals surface area contributed by atoms with E-state index in [0.29, 0.717) is 13.0 Å². The van der Waals surface area contributed by atoms with Crippen molar-refractivity contribution in [2.24, 2.45) is 11.7 Å². The van der Waals surface area contributed by atoms with Crippen LogP contribution in [0.1, 0.15) is 56.3 Å². The predicted octanol–water partition coefficient (Wildman–Crippen LogP) is 1.78. The molecule has 0 aromatic carbocycles. The number of aryl methyl sites for hydroxylation is 1. The molecule has 0 spiro atoms. The first-order chi connectivity index (χ1) is 16.4. The largest absolute Gasteiger partial charge is 0.355 e. The summed E-state index contributed by atoms with van der Waals surface area (Å²) in [5.74, 6) is 1.12. The van der Waals surface area contributed by atoms with Gasteiger partial charge in [-0.25, -0.2) is 9.50 Å². The molecule has 5 rings (SSSR count). The number of hydrogen-bond acceptors (Lipinski definition) is 8. The number of nitrogens with two attached hydrogens (primary N) is 1. The lowest BCUT2D eigenvalue weighted by atomic mass is 9.95. The summed E-state index contributed by atoms with van der Waals surface area (Å²) >= 11 is 1.30. The summed E-state index contributed by atoms with van der Waals surface area (Å²) in [7, 11) is 0. The van der Waals surface area contributed by atoms with Crippen LogP contribution in [-0.4, -0.2) is 69.0 Å². The molecule has 0 bridgehead atoms. The molecule has 10 nitrogen and oxygen atoms in total. The van der Waals surface area contributed by atoms with E-state index in [-0.39, 0.29) is 23.9 Å². The molecular weight excluding hydrogens is 454 g/mol. The summed E-state index contributed by atoms with van der Waals surface area (Å²) in [6.45, 7) is 5.90. The quantitative estimate of drug-likeness (QED) is 0.627. The van der Waals surface area contributed by atoms with Crippen LogP contribution in [0.5, 0.6) is 0 Å². The maximum Gasteiger partial charge on any atom is 0.230 e. The van der Waals surface area contributed by atoms with E-state index in [1.54, 1.807) is 0 Å². The lowest BCUT2D eigenvalue weighted by Crippen LogP contribution is -2.51. The van der Waals surface area contributed by atoms with Gasteiger partial charge in [0.05, 0.1) is 17.7 Å². The summed E-state index contributed by atoms with van der Waals surface area (Å²) in [5, 5.41) is 7.63. The molecule has 3 aliphatic rings. The van der Waals surface area contributed by atoms with E-state index in [9.17, 15) is 9.59 Å². The Morgan fingerprint density at radius 2 is 2.09 bits per heavy atom. The van der Waals surface area contributed by atoms with E-state index in [4.69, 9.17) is 20.0 Å². The predicted molar refractivity (Wildman–Crippen MR) is 130 cm³/mol. The summed E-state index contributed by atoms with van der Waals surface area (Å²) in [5.41, 5.74) is 8.81. The monoisotopic (exact) mass is 487 g/mol. The molecule has 2 aromatic rings. The minimum Gasteiger partial charge on any atom is -0.355 e. The summed E-state index contributed by atoms with van der Waals surface area (Å²) in [6.07, 6.45) is 5.90. The van der Waals surface area contributed by atoms with Crippen molar-refractivity contribution in [1.29, 1.82) is 0 Å². The zero-order valence-corrected chi connectivity index (χ0v) is 20.6. The molecule has 184 valence electrons. The van der Waals surface area contributed by atoms with Crippen LogP contribution in [0.3, 0.4) is 0 Å². The van der Waals surface area contributed by atoms with Crippen LogP contribution in [0.15, 0.2) is 12.3 Å². The van der Waals surface area contributed by atoms with Crippen LogP contribution in [0.25, 0.3) is 5.65 Å². The topological polar surface area (TPSA) is 118 Å². The van der Waals surface area contributed by atoms with E-state index in [0.717, 1.165) is 67.2 Å². The van der Waals surface area contributed by atoms with Crippen LogP contribution >= 0.6 is 12.0 Å². The van der Waals surface area contributed by atoms with Crippen molar-refractivity contribution >= 4 is 35.3 Å². The minimum absolute atomic E-state index is 0.0247. The highest BCUT2D eigenvalue weighted by Crippen LogP contribution is 2.35. The van der Waals surface area contributed by atoms with Gasteiger partial charge in [0.15, 0.2) is 11.9 Å². The Morgan fingerprint density at radius 1 is 1.24 bits per heavy atom. The number of likely N-dealkylation sites (tertiary alicyclic amines) is 1. The van der Waals surface area contributed by atoms with Crippen LogP contribution in [0, 0.1) is 12.8 Å². The summed E-state index contributed by atoms with van der Waals surface area (Å²) in [4.78, 5) is 34.4. The number of carbonyl (C=O) groups is 2. The van der Waals surface area contributed by atoms with Gasteiger partial charge in [0.2, 0.25) is 11.8 Å². The Bertz CT molecular complexity index is 1080. The number of nitrogens with zero attached hydrogens (tertiary/aromatic N) is 5. The number of hydrogen-bond donors (Lipinski definition) is 2. The summed E-state index contributed by atoms with van der Waals surface area (Å²) in [6, 6.07) is 2.08. The van der Waals surface area contributed by atoms with Crippen molar-refractivity contribution in [2.45, 2.75) is 64.3 Å². The minimum atomic E-state index is -0.605. The maximum absolute atomic E-state index is 13.7. The molecule has 3 fully saturated rings. The molecule has 3 saturated heterocycles. The number of carbonyl (C=O) groups excluding carboxylic acids is 2. The Hall–Kier alpha value is -2.37. The number of anilines is 1. The highest BCUT2D eigenvalue weighted by atomic mass is 32.2. The average molecular weight is 488 g/mol. The molecule has 0 radical (unpaired) electrons. The van der Waals surface area contributed by atoms with E-state index < -0.39 is 12.1 Å². The Balaban J connectivity index is 1.41. The van der Waals surface area contributed by atoms with Gasteiger partial charge < -0.3 is 20.9 Å².